The van der Waals surface area contributed by atoms with Gasteiger partial charge in [-0.05, 0) is 25.3 Å². The molecule has 30 heavy (non-hydrogen) atoms. The fraction of sp³-hybridized carbons (Fsp3) is 0.579. The van der Waals surface area contributed by atoms with E-state index >= 15 is 0 Å². The van der Waals surface area contributed by atoms with E-state index in [1.165, 1.54) is 16.2 Å². The number of nitrogens with one attached hydrogen (secondary N) is 3. The van der Waals surface area contributed by atoms with Crippen LogP contribution in [0.15, 0.2) is 17.5 Å². The number of carbonyl (C=O) groups excluding carboxylic acids is 1. The van der Waals surface area contributed by atoms with Crippen molar-refractivity contribution in [1.29, 1.82) is 0 Å². The summed E-state index contributed by atoms with van der Waals surface area (Å²) < 4.78 is 42.0. The first-order valence-corrected chi connectivity index (χ1v) is 11.3. The Labute approximate surface area is 182 Å². The van der Waals surface area contributed by atoms with Gasteiger partial charge >= 0.3 is 6.18 Å². The number of aromatic nitrogens is 2. The smallest absolute Gasteiger partial charge is 0.361 e. The van der Waals surface area contributed by atoms with Gasteiger partial charge in [0.1, 0.15) is 10.8 Å². The van der Waals surface area contributed by atoms with E-state index in [9.17, 15) is 18.0 Å². The van der Waals surface area contributed by atoms with Gasteiger partial charge in [-0.2, -0.15) is 18.3 Å². The highest BCUT2D eigenvalue weighted by atomic mass is 35.5. The lowest BCUT2D eigenvalue weighted by Crippen LogP contribution is -3.11. The van der Waals surface area contributed by atoms with Gasteiger partial charge in [0, 0.05) is 24.3 Å². The molecule has 2 aromatic heterocycles. The molecular formula is C19H26ClF3N5OS+. The molecule has 2 aromatic rings. The van der Waals surface area contributed by atoms with Crippen molar-refractivity contribution in [2.24, 2.45) is 0 Å². The van der Waals surface area contributed by atoms with Gasteiger partial charge in [0.2, 0.25) is 0 Å². The predicted molar refractivity (Wildman–Crippen MR) is 111 cm³/mol. The van der Waals surface area contributed by atoms with Gasteiger partial charge in [0.05, 0.1) is 25.7 Å². The average Bonchev–Trinajstić information content (AvgIpc) is 3.35. The summed E-state index contributed by atoms with van der Waals surface area (Å²) in [5.41, 5.74) is -0.185. The van der Waals surface area contributed by atoms with Gasteiger partial charge < -0.3 is 15.5 Å². The number of fused-ring (bicyclic) bond motifs is 1. The quantitative estimate of drug-likeness (QED) is 0.525. The van der Waals surface area contributed by atoms with Crippen LogP contribution in [0.1, 0.15) is 54.1 Å². The molecule has 1 aliphatic rings. The van der Waals surface area contributed by atoms with Crippen molar-refractivity contribution in [2.75, 3.05) is 31.5 Å². The van der Waals surface area contributed by atoms with E-state index in [4.69, 9.17) is 11.6 Å². The summed E-state index contributed by atoms with van der Waals surface area (Å²) in [7, 11) is 0. The van der Waals surface area contributed by atoms with Crippen molar-refractivity contribution in [2.45, 2.75) is 44.9 Å². The van der Waals surface area contributed by atoms with Gasteiger partial charge in [0.25, 0.3) is 5.91 Å². The average molecular weight is 465 g/mol. The lowest BCUT2D eigenvalue weighted by Gasteiger charge is -2.32. The minimum Gasteiger partial charge on any atom is -0.361 e. The van der Waals surface area contributed by atoms with Crippen LogP contribution < -0.4 is 15.5 Å². The highest BCUT2D eigenvalue weighted by Gasteiger charge is 2.48. The molecule has 2 atom stereocenters. The van der Waals surface area contributed by atoms with Crippen molar-refractivity contribution < 1.29 is 22.9 Å². The van der Waals surface area contributed by atoms with Gasteiger partial charge in [-0.3, -0.25) is 4.79 Å². The van der Waals surface area contributed by atoms with Gasteiger partial charge in [-0.15, -0.1) is 11.3 Å². The Morgan fingerprint density at radius 1 is 1.43 bits per heavy atom. The molecule has 1 amide bonds. The maximum absolute atomic E-state index is 13.7. The van der Waals surface area contributed by atoms with Gasteiger partial charge in [0.15, 0.2) is 11.7 Å². The van der Waals surface area contributed by atoms with Crippen LogP contribution >= 0.6 is 22.9 Å². The van der Waals surface area contributed by atoms with Crippen LogP contribution in [0.25, 0.3) is 0 Å². The number of hydrogen-bond acceptors (Lipinski definition) is 4. The molecule has 11 heteroatoms. The van der Waals surface area contributed by atoms with E-state index in [2.05, 4.69) is 29.6 Å². The number of quaternary nitrogens is 1. The molecule has 3 N–H and O–H groups in total. The molecule has 0 radical (unpaired) electrons. The molecular weight excluding hydrogens is 439 g/mol. The molecule has 0 spiro atoms. The van der Waals surface area contributed by atoms with Crippen LogP contribution in [0, 0.1) is 0 Å². The number of rotatable bonds is 8. The fourth-order valence-corrected chi connectivity index (χ4v) is 4.69. The minimum atomic E-state index is -4.51. The van der Waals surface area contributed by atoms with E-state index in [0.717, 1.165) is 35.6 Å². The molecule has 0 aromatic carbocycles. The summed E-state index contributed by atoms with van der Waals surface area (Å²) in [5.74, 6) is -0.534. The third kappa shape index (κ3) is 4.92. The molecule has 3 heterocycles. The Bertz CT molecular complexity index is 851. The van der Waals surface area contributed by atoms with Crippen LogP contribution in [0.4, 0.5) is 19.0 Å². The normalized spacial score (nSPS) is 18.9. The summed E-state index contributed by atoms with van der Waals surface area (Å²) >= 11 is 7.68. The fourth-order valence-electron chi connectivity index (χ4n) is 3.64. The molecule has 166 valence electrons. The molecule has 6 nitrogen and oxygen atoms in total. The van der Waals surface area contributed by atoms with E-state index in [0.29, 0.717) is 6.54 Å². The second-order valence-corrected chi connectivity index (χ2v) is 8.64. The van der Waals surface area contributed by atoms with Crippen molar-refractivity contribution >= 4 is 34.7 Å². The highest BCUT2D eigenvalue weighted by Crippen LogP contribution is 2.46. The number of alkyl halides is 3. The largest absolute Gasteiger partial charge is 0.410 e. The third-order valence-corrected chi connectivity index (χ3v) is 6.73. The number of anilines is 1. The molecule has 0 saturated carbocycles. The Balaban J connectivity index is 1.77. The molecule has 0 unspecified atom stereocenters. The van der Waals surface area contributed by atoms with Crippen molar-refractivity contribution in [3.8, 4) is 0 Å². The predicted octanol–water partition coefficient (Wildman–Crippen LogP) is 3.30. The highest BCUT2D eigenvalue weighted by molar-refractivity contribution is 7.10. The molecule has 1 aliphatic heterocycles. The summed E-state index contributed by atoms with van der Waals surface area (Å²) in [4.78, 5) is 14.7. The zero-order valence-electron chi connectivity index (χ0n) is 16.9. The van der Waals surface area contributed by atoms with Crippen LogP contribution in [0.2, 0.25) is 5.02 Å². The lowest BCUT2D eigenvalue weighted by atomic mass is 10.0. The first-order valence-electron chi connectivity index (χ1n) is 10.0. The number of thiophene rings is 1. The van der Waals surface area contributed by atoms with E-state index in [1.54, 1.807) is 12.1 Å². The maximum atomic E-state index is 13.7. The second kappa shape index (κ2) is 9.57. The molecule has 0 bridgehead atoms. The Morgan fingerprint density at radius 2 is 2.17 bits per heavy atom. The van der Waals surface area contributed by atoms with Crippen molar-refractivity contribution in [3.05, 3.63) is 33.1 Å². The molecule has 3 rings (SSSR count). The topological polar surface area (TPSA) is 63.4 Å². The standard InChI is InChI=1S/C19H25ClF3N5OS/c1-3-27(4-2)9-6-8-24-18(29)16-15(20)17-25-12(13-7-5-10-30-13)11-14(19(21,22)23)28(17)26-16/h5,7,10,12,14,25H,3-4,6,8-9,11H2,1-2H3,(H,24,29)/p+1/t12-,14-/m1/s1. The SMILES string of the molecule is CC[NH+](CC)CCCNC(=O)c1nn2c(c1Cl)N[C@@H](c1cccs1)C[C@@H]2C(F)(F)F. The van der Waals surface area contributed by atoms with Crippen molar-refractivity contribution in [3.63, 3.8) is 0 Å². The zero-order valence-corrected chi connectivity index (χ0v) is 18.4. The first-order chi connectivity index (χ1) is 14.3. The third-order valence-electron chi connectivity index (χ3n) is 5.39. The zero-order chi connectivity index (χ0) is 21.9. The summed E-state index contributed by atoms with van der Waals surface area (Å²) in [6, 6.07) is 1.16. The number of carbonyl (C=O) groups is 1. The molecule has 0 fully saturated rings. The van der Waals surface area contributed by atoms with Gasteiger partial charge in [-0.1, -0.05) is 17.7 Å². The number of nitrogens with zero attached hydrogens (tertiary/aromatic N) is 2. The summed E-state index contributed by atoms with van der Waals surface area (Å²) in [5, 5.41) is 11.4. The number of hydrogen-bond donors (Lipinski definition) is 3. The van der Waals surface area contributed by atoms with Gasteiger partial charge in [-0.25, -0.2) is 4.68 Å². The minimum absolute atomic E-state index is 0.0291. The van der Waals surface area contributed by atoms with Crippen LogP contribution in [0.3, 0.4) is 0 Å². The van der Waals surface area contributed by atoms with Crippen LogP contribution in [0.5, 0.6) is 0 Å². The van der Waals surface area contributed by atoms with E-state index in [1.807, 2.05) is 5.38 Å². The Kier molecular flexibility index (Phi) is 7.30. The first kappa shape index (κ1) is 22.9. The summed E-state index contributed by atoms with van der Waals surface area (Å²) in [6.07, 6.45) is -3.97. The Hall–Kier alpha value is -1.78. The van der Waals surface area contributed by atoms with Crippen molar-refractivity contribution in [1.82, 2.24) is 15.1 Å². The number of amides is 1. The molecule has 0 saturated heterocycles. The maximum Gasteiger partial charge on any atom is 0.410 e. The van der Waals surface area contributed by atoms with E-state index in [-0.39, 0.29) is 23.0 Å². The number of halogens is 4. The monoisotopic (exact) mass is 464 g/mol. The van der Waals surface area contributed by atoms with E-state index < -0.39 is 24.2 Å². The molecule has 0 aliphatic carbocycles. The van der Waals surface area contributed by atoms with Crippen LogP contribution in [-0.2, 0) is 0 Å². The Morgan fingerprint density at radius 3 is 2.77 bits per heavy atom. The second-order valence-electron chi connectivity index (χ2n) is 7.28. The van der Waals surface area contributed by atoms with Crippen LogP contribution in [-0.4, -0.2) is 48.0 Å². The lowest BCUT2D eigenvalue weighted by molar-refractivity contribution is -0.896. The summed E-state index contributed by atoms with van der Waals surface area (Å²) in [6.45, 7) is 7.51.